The van der Waals surface area contributed by atoms with E-state index in [9.17, 15) is 0 Å². The third-order valence-corrected chi connectivity index (χ3v) is 5.85. The van der Waals surface area contributed by atoms with Crippen LogP contribution < -0.4 is 0 Å². The van der Waals surface area contributed by atoms with Crippen LogP contribution in [0.5, 0.6) is 0 Å². The molecule has 0 heterocycles. The summed E-state index contributed by atoms with van der Waals surface area (Å²) in [5.41, 5.74) is -0.146. The summed E-state index contributed by atoms with van der Waals surface area (Å²) in [5, 5.41) is 0. The number of hydrogen-bond acceptors (Lipinski definition) is 2. The Morgan fingerprint density at radius 2 is 1.07 bits per heavy atom. The van der Waals surface area contributed by atoms with E-state index < -0.39 is 18.2 Å². The third kappa shape index (κ3) is 2.63. The molecule has 0 aromatic rings. The minimum absolute atomic E-state index is 0.0729. The molecule has 15 heavy (non-hydrogen) atoms. The molecule has 0 N–H and O–H groups in total. The van der Waals surface area contributed by atoms with Crippen molar-refractivity contribution in [3.63, 3.8) is 0 Å². The van der Waals surface area contributed by atoms with Crippen LogP contribution in [0.4, 0.5) is 0 Å². The molecule has 0 aromatic heterocycles. The Bertz CT molecular complexity index is 373. The summed E-state index contributed by atoms with van der Waals surface area (Å²) in [6, 6.07) is 0. The van der Waals surface area contributed by atoms with Crippen molar-refractivity contribution in [1.82, 2.24) is 0 Å². The van der Waals surface area contributed by atoms with Crippen LogP contribution in [0.2, 0.25) is 0 Å². The van der Waals surface area contributed by atoms with E-state index >= 15 is 0 Å². The average molecular weight is 370 g/mol. The number of rotatable bonds is 2. The fourth-order valence-corrected chi connectivity index (χ4v) is 3.72. The second-order valence-corrected chi connectivity index (χ2v) is 6.05. The summed E-state index contributed by atoms with van der Waals surface area (Å²) >= 11 is -0.967. The summed E-state index contributed by atoms with van der Waals surface area (Å²) in [4.78, 5) is 0. The van der Waals surface area contributed by atoms with Gasteiger partial charge in [-0.05, 0) is 0 Å². The van der Waals surface area contributed by atoms with Crippen LogP contribution in [0.1, 0.15) is 13.8 Å². The Balaban J connectivity index is 2.15. The molecule has 0 fully saturated rings. The summed E-state index contributed by atoms with van der Waals surface area (Å²) < 4.78 is 9.44. The second kappa shape index (κ2) is 4.02. The zero-order chi connectivity index (χ0) is 10.8. The maximum absolute atomic E-state index is 4.72. The van der Waals surface area contributed by atoms with Crippen molar-refractivity contribution in [2.45, 2.75) is 24.9 Å². The van der Waals surface area contributed by atoms with Crippen LogP contribution in [-0.2, 0) is 18.2 Å². The quantitative estimate of drug-likeness (QED) is 0.714. The third-order valence-electron chi connectivity index (χ3n) is 2.43. The van der Waals surface area contributed by atoms with E-state index in [-0.39, 0.29) is 11.1 Å². The van der Waals surface area contributed by atoms with Gasteiger partial charge in [0, 0.05) is 0 Å². The van der Waals surface area contributed by atoms with Crippen molar-refractivity contribution in [3.05, 3.63) is 48.6 Å². The van der Waals surface area contributed by atoms with Gasteiger partial charge in [-0.15, -0.1) is 0 Å². The number of nitrogens with zero attached hydrogens (tertiary/aromatic N) is 2. The Labute approximate surface area is 98.7 Å². The van der Waals surface area contributed by atoms with Crippen LogP contribution in [0.25, 0.3) is 0 Å². The van der Waals surface area contributed by atoms with Crippen molar-refractivity contribution in [2.75, 3.05) is 0 Å². The Morgan fingerprint density at radius 3 is 1.40 bits per heavy atom. The summed E-state index contributed by atoms with van der Waals surface area (Å²) in [6.07, 6.45) is 16.7. The molecule has 0 amide bonds. The van der Waals surface area contributed by atoms with Gasteiger partial charge in [-0.25, -0.2) is 0 Å². The number of allylic oxidation sites excluding steroid dienone is 4. The van der Waals surface area contributed by atoms with Crippen molar-refractivity contribution >= 4 is 0 Å². The first-order valence-corrected chi connectivity index (χ1v) is 7.59. The van der Waals surface area contributed by atoms with Gasteiger partial charge in [-0.1, -0.05) is 0 Å². The molecule has 0 unspecified atom stereocenters. The normalized spacial score (nSPS) is 23.3. The van der Waals surface area contributed by atoms with E-state index in [1.54, 1.807) is 0 Å². The first-order chi connectivity index (χ1) is 7.12. The SMILES string of the molecule is CC1([N]=[W]=[N]C2(C)C=CC=C2)C=CC=C1. The van der Waals surface area contributed by atoms with Crippen molar-refractivity contribution < 1.29 is 18.2 Å². The fraction of sp³-hybridized carbons (Fsp3) is 0.333. The standard InChI is InChI=1S/2C6H7N.W/c2*1-6(7)4-2-3-5-6;/h2*2-5H,1H3;. The molecule has 2 aliphatic rings. The van der Waals surface area contributed by atoms with Gasteiger partial charge in [0.1, 0.15) is 0 Å². The first-order valence-electron chi connectivity index (χ1n) is 4.97. The van der Waals surface area contributed by atoms with Crippen molar-refractivity contribution in [2.24, 2.45) is 6.99 Å². The molecule has 0 atom stereocenters. The summed E-state index contributed by atoms with van der Waals surface area (Å²) in [7, 11) is 0. The van der Waals surface area contributed by atoms with E-state index in [4.69, 9.17) is 6.99 Å². The topological polar surface area (TPSA) is 24.7 Å². The van der Waals surface area contributed by atoms with Crippen molar-refractivity contribution in [3.8, 4) is 0 Å². The van der Waals surface area contributed by atoms with Crippen LogP contribution in [0.15, 0.2) is 55.6 Å². The molecule has 0 radical (unpaired) electrons. The molecule has 0 aromatic carbocycles. The molecular weight excluding hydrogens is 356 g/mol. The molecule has 0 saturated heterocycles. The number of hydrogen-bond donors (Lipinski definition) is 0. The maximum atomic E-state index is 4.72. The van der Waals surface area contributed by atoms with Gasteiger partial charge in [0.15, 0.2) is 0 Å². The Hall–Kier alpha value is -0.752. The van der Waals surface area contributed by atoms with E-state index in [2.05, 4.69) is 62.5 Å². The van der Waals surface area contributed by atoms with E-state index in [0.29, 0.717) is 0 Å². The molecule has 0 spiro atoms. The van der Waals surface area contributed by atoms with Crippen LogP contribution >= 0.6 is 0 Å². The molecule has 0 saturated carbocycles. The molecule has 2 nitrogen and oxygen atoms in total. The monoisotopic (exact) mass is 370 g/mol. The molecule has 3 heteroatoms. The Kier molecular flexibility index (Phi) is 2.88. The van der Waals surface area contributed by atoms with Gasteiger partial charge < -0.3 is 0 Å². The van der Waals surface area contributed by atoms with Crippen LogP contribution in [0, 0.1) is 0 Å². The van der Waals surface area contributed by atoms with Gasteiger partial charge in [0.25, 0.3) is 0 Å². The second-order valence-electron chi connectivity index (χ2n) is 4.15. The van der Waals surface area contributed by atoms with Gasteiger partial charge >= 0.3 is 98.7 Å². The van der Waals surface area contributed by atoms with E-state index in [1.807, 2.05) is 0 Å². The molecule has 2 aliphatic carbocycles. The molecule has 0 bridgehead atoms. The van der Waals surface area contributed by atoms with Crippen LogP contribution in [0.3, 0.4) is 0 Å². The minimum atomic E-state index is -0.967. The molecule has 2 rings (SSSR count). The van der Waals surface area contributed by atoms with Gasteiger partial charge in [-0.3, -0.25) is 0 Å². The van der Waals surface area contributed by atoms with Crippen molar-refractivity contribution in [1.29, 1.82) is 0 Å². The van der Waals surface area contributed by atoms with Gasteiger partial charge in [0.2, 0.25) is 0 Å². The Morgan fingerprint density at radius 1 is 0.733 bits per heavy atom. The fourth-order valence-electron chi connectivity index (χ4n) is 1.43. The van der Waals surface area contributed by atoms with Gasteiger partial charge in [-0.2, -0.15) is 0 Å². The average Bonchev–Trinajstić information content (AvgIpc) is 2.76. The van der Waals surface area contributed by atoms with E-state index in [1.165, 1.54) is 0 Å². The predicted molar refractivity (Wildman–Crippen MR) is 58.2 cm³/mol. The molecule has 78 valence electrons. The summed E-state index contributed by atoms with van der Waals surface area (Å²) in [6.45, 7) is 4.26. The van der Waals surface area contributed by atoms with E-state index in [0.717, 1.165) is 0 Å². The zero-order valence-electron chi connectivity index (χ0n) is 8.92. The van der Waals surface area contributed by atoms with Crippen LogP contribution in [-0.4, -0.2) is 11.1 Å². The summed E-state index contributed by atoms with van der Waals surface area (Å²) in [5.74, 6) is 0. The zero-order valence-corrected chi connectivity index (χ0v) is 11.9. The first kappa shape index (κ1) is 10.8. The molecule has 0 aliphatic heterocycles. The molecular formula is C12H14N2W. The van der Waals surface area contributed by atoms with Gasteiger partial charge in [0.05, 0.1) is 0 Å². The predicted octanol–water partition coefficient (Wildman–Crippen LogP) is 3.21.